The first-order chi connectivity index (χ1) is 10.6. The monoisotopic (exact) mass is 317 g/mol. The third-order valence-electron chi connectivity index (χ3n) is 3.31. The van der Waals surface area contributed by atoms with Gasteiger partial charge in [0, 0.05) is 33.7 Å². The molecule has 3 rings (SSSR count). The van der Waals surface area contributed by atoms with Gasteiger partial charge in [-0.1, -0.05) is 0 Å². The second-order valence-corrected chi connectivity index (χ2v) is 6.02. The summed E-state index contributed by atoms with van der Waals surface area (Å²) >= 11 is 0. The molecule has 2 heterocycles. The number of benzene rings is 1. The number of fused-ring (bicyclic) bond motifs is 1. The molecular weight excluding hydrogens is 302 g/mol. The molecule has 0 N–H and O–H groups in total. The van der Waals surface area contributed by atoms with Crippen LogP contribution in [0.4, 0.5) is 0 Å². The summed E-state index contributed by atoms with van der Waals surface area (Å²) in [5.74, 6) is 1.15. The first kappa shape index (κ1) is 14.5. The summed E-state index contributed by atoms with van der Waals surface area (Å²) in [5.41, 5.74) is 2.29. The van der Waals surface area contributed by atoms with E-state index in [1.807, 2.05) is 22.7 Å². The lowest BCUT2D eigenvalue weighted by atomic mass is 10.1. The van der Waals surface area contributed by atoms with Crippen molar-refractivity contribution in [3.05, 3.63) is 36.8 Å². The van der Waals surface area contributed by atoms with Crippen molar-refractivity contribution in [1.29, 1.82) is 0 Å². The van der Waals surface area contributed by atoms with Crippen molar-refractivity contribution >= 4 is 16.4 Å². The van der Waals surface area contributed by atoms with Crippen molar-refractivity contribution in [2.75, 3.05) is 20.5 Å². The van der Waals surface area contributed by atoms with Gasteiger partial charge in [0.1, 0.15) is 5.75 Å². The molecule has 1 unspecified atom stereocenters. The number of hydrogen-bond acceptors (Lipinski definition) is 5. The molecule has 0 spiro atoms. The Morgan fingerprint density at radius 3 is 2.68 bits per heavy atom. The highest BCUT2D eigenvalue weighted by molar-refractivity contribution is 7.84. The van der Waals surface area contributed by atoms with Gasteiger partial charge < -0.3 is 9.47 Å². The Balaban J connectivity index is 2.12. The number of nitrogens with zero attached hydrogens (tertiary/aromatic N) is 3. The quantitative estimate of drug-likeness (QED) is 0.737. The average molecular weight is 317 g/mol. The Hall–Kier alpha value is -2.41. The van der Waals surface area contributed by atoms with E-state index in [1.165, 1.54) is 0 Å². The second-order valence-electron chi connectivity index (χ2n) is 4.64. The highest BCUT2D eigenvalue weighted by Crippen LogP contribution is 2.31. The number of ether oxygens (including phenoxy) is 2. The summed E-state index contributed by atoms with van der Waals surface area (Å²) in [5, 5.41) is 0. The van der Waals surface area contributed by atoms with Gasteiger partial charge in [0.05, 0.1) is 32.3 Å². The molecule has 114 valence electrons. The molecule has 0 aliphatic heterocycles. The van der Waals surface area contributed by atoms with Crippen molar-refractivity contribution in [1.82, 2.24) is 14.4 Å². The van der Waals surface area contributed by atoms with Crippen molar-refractivity contribution in [3.8, 4) is 22.9 Å². The van der Waals surface area contributed by atoms with Crippen LogP contribution < -0.4 is 9.47 Å². The van der Waals surface area contributed by atoms with E-state index < -0.39 is 10.8 Å². The minimum absolute atomic E-state index is 0.514. The Kier molecular flexibility index (Phi) is 3.81. The molecule has 22 heavy (non-hydrogen) atoms. The molecule has 1 atom stereocenters. The molecule has 6 nitrogen and oxygen atoms in total. The third kappa shape index (κ3) is 2.55. The van der Waals surface area contributed by atoms with Crippen LogP contribution in [0, 0.1) is 0 Å². The highest BCUT2D eigenvalue weighted by atomic mass is 32.2. The van der Waals surface area contributed by atoms with E-state index in [9.17, 15) is 4.21 Å². The van der Waals surface area contributed by atoms with Crippen LogP contribution in [0.2, 0.25) is 0 Å². The van der Waals surface area contributed by atoms with Crippen molar-refractivity contribution in [2.24, 2.45) is 0 Å². The first-order valence-electron chi connectivity index (χ1n) is 6.53. The van der Waals surface area contributed by atoms with Crippen LogP contribution >= 0.6 is 0 Å². The van der Waals surface area contributed by atoms with E-state index in [0.717, 1.165) is 11.3 Å². The fourth-order valence-corrected chi connectivity index (χ4v) is 2.71. The van der Waals surface area contributed by atoms with Crippen LogP contribution in [-0.4, -0.2) is 39.1 Å². The summed E-state index contributed by atoms with van der Waals surface area (Å²) in [7, 11) is 2.10. The average Bonchev–Trinajstić information content (AvgIpc) is 2.96. The summed E-state index contributed by atoms with van der Waals surface area (Å²) in [6.45, 7) is 0. The van der Waals surface area contributed by atoms with Crippen LogP contribution in [0.25, 0.3) is 16.9 Å². The molecule has 3 aromatic rings. The van der Waals surface area contributed by atoms with Crippen LogP contribution in [0.15, 0.2) is 41.7 Å². The van der Waals surface area contributed by atoms with Crippen LogP contribution in [0.1, 0.15) is 0 Å². The molecule has 0 saturated carbocycles. The molecule has 7 heteroatoms. The predicted octanol–water partition coefficient (Wildman–Crippen LogP) is 2.15. The minimum atomic E-state index is -1.06. The first-order valence-corrected chi connectivity index (χ1v) is 8.08. The van der Waals surface area contributed by atoms with Crippen LogP contribution in [-0.2, 0) is 10.8 Å². The van der Waals surface area contributed by atoms with Gasteiger partial charge >= 0.3 is 0 Å². The summed E-state index contributed by atoms with van der Waals surface area (Å²) in [6.07, 6.45) is 6.91. The lowest BCUT2D eigenvalue weighted by molar-refractivity contribution is 0.395. The largest absolute Gasteiger partial charge is 0.496 e. The Bertz CT molecular complexity index is 860. The van der Waals surface area contributed by atoms with Gasteiger partial charge in [-0.25, -0.2) is 9.97 Å². The van der Waals surface area contributed by atoms with Gasteiger partial charge in [-0.2, -0.15) is 0 Å². The SMILES string of the molecule is COc1cn2cc(-c3ccc(S(C)=O)cc3OC)nc2cn1. The number of rotatable bonds is 4. The van der Waals surface area contributed by atoms with E-state index in [0.29, 0.717) is 22.2 Å². The normalized spacial score (nSPS) is 12.3. The van der Waals surface area contributed by atoms with E-state index >= 15 is 0 Å². The second kappa shape index (κ2) is 5.76. The van der Waals surface area contributed by atoms with E-state index in [-0.39, 0.29) is 0 Å². The number of methoxy groups -OCH3 is 2. The third-order valence-corrected chi connectivity index (χ3v) is 4.23. The lowest BCUT2D eigenvalue weighted by Crippen LogP contribution is -1.92. The fourth-order valence-electron chi connectivity index (χ4n) is 2.18. The zero-order valence-corrected chi connectivity index (χ0v) is 13.3. The topological polar surface area (TPSA) is 65.7 Å². The maximum atomic E-state index is 11.6. The molecular formula is C15H15N3O3S. The zero-order chi connectivity index (χ0) is 15.7. The van der Waals surface area contributed by atoms with Crippen LogP contribution in [0.3, 0.4) is 0 Å². The smallest absolute Gasteiger partial charge is 0.230 e. The molecule has 0 radical (unpaired) electrons. The van der Waals surface area contributed by atoms with Gasteiger partial charge in [0.25, 0.3) is 0 Å². The zero-order valence-electron chi connectivity index (χ0n) is 12.4. The van der Waals surface area contributed by atoms with Crippen molar-refractivity contribution < 1.29 is 13.7 Å². The number of imidazole rings is 1. The van der Waals surface area contributed by atoms with Gasteiger partial charge in [-0.3, -0.25) is 8.61 Å². The van der Waals surface area contributed by atoms with Gasteiger partial charge in [-0.15, -0.1) is 0 Å². The van der Waals surface area contributed by atoms with E-state index in [1.54, 1.807) is 38.9 Å². The molecule has 0 aliphatic rings. The summed E-state index contributed by atoms with van der Waals surface area (Å²) in [6, 6.07) is 5.45. The predicted molar refractivity (Wildman–Crippen MR) is 83.9 cm³/mol. The number of hydrogen-bond donors (Lipinski definition) is 0. The van der Waals surface area contributed by atoms with E-state index in [2.05, 4.69) is 9.97 Å². The molecule has 0 bridgehead atoms. The lowest BCUT2D eigenvalue weighted by Gasteiger charge is -2.07. The van der Waals surface area contributed by atoms with Gasteiger partial charge in [-0.05, 0) is 18.2 Å². The minimum Gasteiger partial charge on any atom is -0.496 e. The van der Waals surface area contributed by atoms with Crippen LogP contribution in [0.5, 0.6) is 11.6 Å². The standard InChI is InChI=1S/C15H15N3O3S/c1-20-13-6-10(22(3)19)4-5-11(13)12-8-18-9-15(21-2)16-7-14(18)17-12/h4-9H,1-3H3. The van der Waals surface area contributed by atoms with Gasteiger partial charge in [0.15, 0.2) is 5.65 Å². The summed E-state index contributed by atoms with van der Waals surface area (Å²) in [4.78, 5) is 9.38. The molecule has 0 saturated heterocycles. The summed E-state index contributed by atoms with van der Waals surface area (Å²) < 4.78 is 23.9. The maximum Gasteiger partial charge on any atom is 0.230 e. The highest BCUT2D eigenvalue weighted by Gasteiger charge is 2.12. The Labute approximate surface area is 130 Å². The molecule has 0 amide bonds. The number of aromatic nitrogens is 3. The van der Waals surface area contributed by atoms with Crippen molar-refractivity contribution in [3.63, 3.8) is 0 Å². The Morgan fingerprint density at radius 2 is 2.00 bits per heavy atom. The Morgan fingerprint density at radius 1 is 1.18 bits per heavy atom. The maximum absolute atomic E-state index is 11.6. The van der Waals surface area contributed by atoms with E-state index in [4.69, 9.17) is 9.47 Å². The molecule has 1 aromatic carbocycles. The molecule has 2 aromatic heterocycles. The van der Waals surface area contributed by atoms with Gasteiger partial charge in [0.2, 0.25) is 5.88 Å². The molecule has 0 fully saturated rings. The van der Waals surface area contributed by atoms with Crippen molar-refractivity contribution in [2.45, 2.75) is 4.90 Å². The fraction of sp³-hybridized carbons (Fsp3) is 0.200. The molecule has 0 aliphatic carbocycles.